The average Bonchev–Trinajstić information content (AvgIpc) is 2.89. The molecule has 1 fully saturated rings. The lowest BCUT2D eigenvalue weighted by molar-refractivity contribution is -0.145. The predicted molar refractivity (Wildman–Crippen MR) is 82.4 cm³/mol. The van der Waals surface area contributed by atoms with Crippen LogP contribution in [-0.2, 0) is 16.0 Å². The number of hydrogen-bond acceptors (Lipinski definition) is 4. The molecular formula is C16H19F2N3O2. The molecule has 1 aromatic rings. The summed E-state index contributed by atoms with van der Waals surface area (Å²) in [4.78, 5) is 16.0. The maximum atomic E-state index is 12.8. The highest BCUT2D eigenvalue weighted by atomic mass is 19.3. The highest BCUT2D eigenvalue weighted by Crippen LogP contribution is 2.42. The van der Waals surface area contributed by atoms with Crippen molar-refractivity contribution in [3.8, 4) is 0 Å². The SMILES string of the molecule is NC1=N[C@@H](CCc2ccc(NC(=O)C3CC(F)(F)C3)cc2)CO1. The molecule has 1 aromatic carbocycles. The number of ether oxygens (including phenoxy) is 1. The van der Waals surface area contributed by atoms with Crippen molar-refractivity contribution in [1.29, 1.82) is 0 Å². The van der Waals surface area contributed by atoms with Crippen molar-refractivity contribution in [3.63, 3.8) is 0 Å². The standard InChI is InChI=1S/C16H19F2N3O2/c17-16(18)7-11(8-16)14(22)20-12-4-1-10(2-5-12)3-6-13-9-23-15(19)21-13/h1-2,4-5,11,13H,3,6-9H2,(H2,19,21)(H,20,22)/t13-/m0/s1. The lowest BCUT2D eigenvalue weighted by atomic mass is 9.81. The van der Waals surface area contributed by atoms with E-state index in [1.165, 1.54) is 0 Å². The minimum Gasteiger partial charge on any atom is -0.463 e. The third-order valence-electron chi connectivity index (χ3n) is 4.18. The Morgan fingerprint density at radius 3 is 2.61 bits per heavy atom. The summed E-state index contributed by atoms with van der Waals surface area (Å²) >= 11 is 0. The minimum atomic E-state index is -2.68. The average molecular weight is 323 g/mol. The van der Waals surface area contributed by atoms with Crippen molar-refractivity contribution in [3.05, 3.63) is 29.8 Å². The van der Waals surface area contributed by atoms with Gasteiger partial charge in [-0.15, -0.1) is 0 Å². The third-order valence-corrected chi connectivity index (χ3v) is 4.18. The minimum absolute atomic E-state index is 0.0923. The van der Waals surface area contributed by atoms with Gasteiger partial charge in [0.25, 0.3) is 6.02 Å². The summed E-state index contributed by atoms with van der Waals surface area (Å²) in [5.74, 6) is -3.60. The maximum absolute atomic E-state index is 12.8. The molecule has 1 atom stereocenters. The normalized spacial score (nSPS) is 22.9. The van der Waals surface area contributed by atoms with Gasteiger partial charge in [-0.3, -0.25) is 4.79 Å². The Labute approximate surface area is 132 Å². The first kappa shape index (κ1) is 15.7. The van der Waals surface area contributed by atoms with Gasteiger partial charge in [0.1, 0.15) is 6.61 Å². The molecule has 124 valence electrons. The zero-order valence-electron chi connectivity index (χ0n) is 12.6. The van der Waals surface area contributed by atoms with Crippen molar-refractivity contribution in [2.75, 3.05) is 11.9 Å². The molecule has 3 N–H and O–H groups in total. The molecule has 7 heteroatoms. The van der Waals surface area contributed by atoms with E-state index < -0.39 is 11.8 Å². The number of carbonyl (C=O) groups is 1. The van der Waals surface area contributed by atoms with Crippen molar-refractivity contribution in [2.24, 2.45) is 16.6 Å². The van der Waals surface area contributed by atoms with E-state index in [0.717, 1.165) is 18.4 Å². The van der Waals surface area contributed by atoms with Crippen molar-refractivity contribution >= 4 is 17.6 Å². The molecule has 23 heavy (non-hydrogen) atoms. The van der Waals surface area contributed by atoms with E-state index in [1.54, 1.807) is 12.1 Å². The van der Waals surface area contributed by atoms with Crippen LogP contribution in [0.2, 0.25) is 0 Å². The second-order valence-electron chi connectivity index (χ2n) is 6.12. The van der Waals surface area contributed by atoms with E-state index in [2.05, 4.69) is 10.3 Å². The maximum Gasteiger partial charge on any atom is 0.282 e. The number of aryl methyl sites for hydroxylation is 1. The highest BCUT2D eigenvalue weighted by molar-refractivity contribution is 5.93. The molecule has 5 nitrogen and oxygen atoms in total. The van der Waals surface area contributed by atoms with Gasteiger partial charge in [0, 0.05) is 24.4 Å². The van der Waals surface area contributed by atoms with E-state index in [4.69, 9.17) is 10.5 Å². The summed E-state index contributed by atoms with van der Waals surface area (Å²) in [6.07, 6.45) is 0.950. The molecule has 1 heterocycles. The Morgan fingerprint density at radius 1 is 1.35 bits per heavy atom. The van der Waals surface area contributed by atoms with Crippen molar-refractivity contribution in [1.82, 2.24) is 0 Å². The van der Waals surface area contributed by atoms with Gasteiger partial charge >= 0.3 is 0 Å². The fourth-order valence-corrected chi connectivity index (χ4v) is 2.76. The number of nitrogens with zero attached hydrogens (tertiary/aromatic N) is 1. The number of nitrogens with two attached hydrogens (primary N) is 1. The van der Waals surface area contributed by atoms with Gasteiger partial charge in [-0.2, -0.15) is 0 Å². The fraction of sp³-hybridized carbons (Fsp3) is 0.500. The molecule has 0 bridgehead atoms. The van der Waals surface area contributed by atoms with Crippen LogP contribution >= 0.6 is 0 Å². The van der Waals surface area contributed by atoms with Gasteiger partial charge in [-0.05, 0) is 30.5 Å². The molecule has 1 aliphatic heterocycles. The molecule has 0 spiro atoms. The summed E-state index contributed by atoms with van der Waals surface area (Å²) in [5.41, 5.74) is 7.19. The second kappa shape index (κ2) is 6.14. The molecule has 0 unspecified atom stereocenters. The number of hydrogen-bond donors (Lipinski definition) is 2. The van der Waals surface area contributed by atoms with Crippen LogP contribution in [-0.4, -0.2) is 30.5 Å². The summed E-state index contributed by atoms with van der Waals surface area (Å²) in [5, 5.41) is 2.68. The smallest absolute Gasteiger partial charge is 0.282 e. The van der Waals surface area contributed by atoms with E-state index in [9.17, 15) is 13.6 Å². The second-order valence-corrected chi connectivity index (χ2v) is 6.12. The Bertz CT molecular complexity index is 608. The molecule has 0 saturated heterocycles. The molecule has 1 amide bonds. The summed E-state index contributed by atoms with van der Waals surface area (Å²) < 4.78 is 30.6. The van der Waals surface area contributed by atoms with E-state index in [1.807, 2.05) is 12.1 Å². The van der Waals surface area contributed by atoms with E-state index in [-0.39, 0.29) is 30.8 Å². The molecule has 0 radical (unpaired) electrons. The van der Waals surface area contributed by atoms with Gasteiger partial charge in [-0.1, -0.05) is 12.1 Å². The molecule has 2 aliphatic rings. The molecule has 3 rings (SSSR count). The highest BCUT2D eigenvalue weighted by Gasteiger charge is 2.48. The Balaban J connectivity index is 1.46. The fourth-order valence-electron chi connectivity index (χ4n) is 2.76. The summed E-state index contributed by atoms with van der Waals surface area (Å²) in [6, 6.07) is 7.73. The third kappa shape index (κ3) is 3.97. The van der Waals surface area contributed by atoms with Gasteiger partial charge in [0.2, 0.25) is 11.8 Å². The number of aliphatic imine (C=N–C) groups is 1. The number of amidine groups is 1. The number of nitrogens with one attached hydrogen (secondary N) is 1. The van der Waals surface area contributed by atoms with Gasteiger partial charge < -0.3 is 15.8 Å². The summed E-state index contributed by atoms with van der Waals surface area (Å²) in [6.45, 7) is 0.520. The Morgan fingerprint density at radius 2 is 2.04 bits per heavy atom. The monoisotopic (exact) mass is 323 g/mol. The molecule has 1 aliphatic carbocycles. The zero-order chi connectivity index (χ0) is 16.4. The van der Waals surface area contributed by atoms with Crippen LogP contribution in [0.25, 0.3) is 0 Å². The summed E-state index contributed by atoms with van der Waals surface area (Å²) in [7, 11) is 0. The van der Waals surface area contributed by atoms with Crippen LogP contribution in [0, 0.1) is 5.92 Å². The van der Waals surface area contributed by atoms with Crippen LogP contribution in [0.1, 0.15) is 24.8 Å². The van der Waals surface area contributed by atoms with Gasteiger partial charge in [0.15, 0.2) is 0 Å². The van der Waals surface area contributed by atoms with Gasteiger partial charge in [-0.25, -0.2) is 13.8 Å². The van der Waals surface area contributed by atoms with Crippen LogP contribution < -0.4 is 11.1 Å². The number of anilines is 1. The lowest BCUT2D eigenvalue weighted by Crippen LogP contribution is -2.42. The van der Waals surface area contributed by atoms with Crippen molar-refractivity contribution in [2.45, 2.75) is 37.6 Å². The molecule has 0 aromatic heterocycles. The topological polar surface area (TPSA) is 76.7 Å². The van der Waals surface area contributed by atoms with Gasteiger partial charge in [0.05, 0.1) is 6.04 Å². The Kier molecular flexibility index (Phi) is 4.19. The zero-order valence-corrected chi connectivity index (χ0v) is 12.6. The van der Waals surface area contributed by atoms with Crippen LogP contribution in [0.5, 0.6) is 0 Å². The molecular weight excluding hydrogens is 304 g/mol. The van der Waals surface area contributed by atoms with Crippen LogP contribution in [0.15, 0.2) is 29.3 Å². The quantitative estimate of drug-likeness (QED) is 0.873. The number of amides is 1. The lowest BCUT2D eigenvalue weighted by Gasteiger charge is -2.33. The van der Waals surface area contributed by atoms with E-state index >= 15 is 0 Å². The number of benzene rings is 1. The first-order valence-electron chi connectivity index (χ1n) is 7.65. The number of carbonyl (C=O) groups excluding carboxylic acids is 1. The Hall–Kier alpha value is -2.18. The molecule has 1 saturated carbocycles. The predicted octanol–water partition coefficient (Wildman–Crippen LogP) is 2.32. The number of halogens is 2. The van der Waals surface area contributed by atoms with E-state index in [0.29, 0.717) is 12.3 Å². The van der Waals surface area contributed by atoms with Crippen LogP contribution in [0.3, 0.4) is 0 Å². The first-order valence-corrected chi connectivity index (χ1v) is 7.65. The van der Waals surface area contributed by atoms with Crippen molar-refractivity contribution < 1.29 is 18.3 Å². The van der Waals surface area contributed by atoms with Crippen LogP contribution in [0.4, 0.5) is 14.5 Å². The number of alkyl halides is 2. The first-order chi connectivity index (χ1) is 10.9. The number of rotatable bonds is 5. The largest absolute Gasteiger partial charge is 0.463 e.